The predicted molar refractivity (Wildman–Crippen MR) is 87.8 cm³/mol. The zero-order chi connectivity index (χ0) is 15.0. The second kappa shape index (κ2) is 7.78. The Balaban J connectivity index is 2.25. The molecule has 4 heteroatoms. The van der Waals surface area contributed by atoms with Crippen molar-refractivity contribution in [3.8, 4) is 12.1 Å². The van der Waals surface area contributed by atoms with Gasteiger partial charge in [0.1, 0.15) is 0 Å². The van der Waals surface area contributed by atoms with Crippen molar-refractivity contribution in [2.45, 2.75) is 26.7 Å². The molecule has 0 spiro atoms. The molecule has 2 aromatic rings. The molecule has 0 unspecified atom stereocenters. The molecule has 0 aliphatic heterocycles. The maximum Gasteiger partial charge on any atom is 0.158 e. The average molecular weight is 310 g/mol. The minimum atomic E-state index is -0.682. The smallest absolute Gasteiger partial charge is 0.158 e. The summed E-state index contributed by atoms with van der Waals surface area (Å²) in [4.78, 5) is 2.08. The fourth-order valence-electron chi connectivity index (χ4n) is 1.80. The van der Waals surface area contributed by atoms with Gasteiger partial charge in [-0.3, -0.25) is 0 Å². The van der Waals surface area contributed by atoms with E-state index in [4.69, 9.17) is 5.26 Å². The van der Waals surface area contributed by atoms with Gasteiger partial charge in [-0.1, -0.05) is 59.9 Å². The van der Waals surface area contributed by atoms with Gasteiger partial charge in [-0.25, -0.2) is 0 Å². The molecule has 0 saturated heterocycles. The molecule has 0 atom stereocenters. The fourth-order valence-corrected chi connectivity index (χ4v) is 4.39. The Morgan fingerprint density at radius 2 is 1.29 bits per heavy atom. The number of nitrogens with zero attached hydrogens (tertiary/aromatic N) is 2. The lowest BCUT2D eigenvalue weighted by atomic mass is 10.2. The third kappa shape index (κ3) is 4.56. The highest BCUT2D eigenvalue weighted by molar-refractivity contribution is 8.18. The minimum absolute atomic E-state index is 0.368. The third-order valence-corrected chi connectivity index (χ3v) is 5.55. The first-order chi connectivity index (χ1) is 10.3. The normalized spacial score (nSPS) is 10.6. The highest BCUT2D eigenvalue weighted by Crippen LogP contribution is 2.48. The summed E-state index contributed by atoms with van der Waals surface area (Å²) < 4.78 is -0.682. The standard InChI is InChI=1S/C17H14N2S2/c18-13-7-12-17(14-19,20-15-8-3-1-4-9-15)21-16-10-5-2-6-11-16/h1-6,8-11H,7,12H2. The molecule has 0 aliphatic carbocycles. The van der Waals surface area contributed by atoms with E-state index in [1.807, 2.05) is 60.7 Å². The molecule has 0 aromatic heterocycles. The first-order valence-electron chi connectivity index (χ1n) is 6.54. The molecular formula is C17H14N2S2. The lowest BCUT2D eigenvalue weighted by Gasteiger charge is -2.24. The Kier molecular flexibility index (Phi) is 5.75. The number of hydrogen-bond donors (Lipinski definition) is 0. The van der Waals surface area contributed by atoms with E-state index in [2.05, 4.69) is 12.1 Å². The van der Waals surface area contributed by atoms with Gasteiger partial charge in [0.15, 0.2) is 4.08 Å². The first kappa shape index (κ1) is 15.5. The predicted octanol–water partition coefficient (Wildman–Crippen LogP) is 5.09. The maximum atomic E-state index is 9.72. The summed E-state index contributed by atoms with van der Waals surface area (Å²) in [6.45, 7) is 0. The van der Waals surface area contributed by atoms with Gasteiger partial charge in [-0.15, -0.1) is 0 Å². The Bertz CT molecular complexity index is 600. The highest BCUT2D eigenvalue weighted by atomic mass is 32.2. The van der Waals surface area contributed by atoms with Crippen molar-refractivity contribution in [1.82, 2.24) is 0 Å². The van der Waals surface area contributed by atoms with Gasteiger partial charge in [-0.05, 0) is 30.7 Å². The zero-order valence-corrected chi connectivity index (χ0v) is 13.0. The summed E-state index contributed by atoms with van der Waals surface area (Å²) in [6, 6.07) is 24.3. The Morgan fingerprint density at radius 1 is 0.810 bits per heavy atom. The molecule has 0 heterocycles. The second-order valence-corrected chi connectivity index (χ2v) is 7.36. The maximum absolute atomic E-state index is 9.72. The molecule has 0 N–H and O–H groups in total. The van der Waals surface area contributed by atoms with Crippen LogP contribution in [0, 0.1) is 22.7 Å². The van der Waals surface area contributed by atoms with Gasteiger partial charge in [0, 0.05) is 16.2 Å². The summed E-state index contributed by atoms with van der Waals surface area (Å²) in [5.74, 6) is 0. The van der Waals surface area contributed by atoms with Crippen LogP contribution in [0.25, 0.3) is 0 Å². The number of nitriles is 2. The molecule has 0 amide bonds. The van der Waals surface area contributed by atoms with E-state index in [1.54, 1.807) is 0 Å². The largest absolute Gasteiger partial charge is 0.198 e. The van der Waals surface area contributed by atoms with Crippen molar-refractivity contribution in [3.63, 3.8) is 0 Å². The van der Waals surface area contributed by atoms with Crippen molar-refractivity contribution in [3.05, 3.63) is 60.7 Å². The number of thioether (sulfide) groups is 2. The molecule has 21 heavy (non-hydrogen) atoms. The summed E-state index contributed by atoms with van der Waals surface area (Å²) in [5, 5.41) is 18.6. The number of rotatable bonds is 6. The second-order valence-electron chi connectivity index (χ2n) is 4.35. The van der Waals surface area contributed by atoms with Crippen molar-refractivity contribution < 1.29 is 0 Å². The van der Waals surface area contributed by atoms with Crippen molar-refractivity contribution in [2.24, 2.45) is 0 Å². The Hall–Kier alpha value is -1.88. The van der Waals surface area contributed by atoms with E-state index >= 15 is 0 Å². The van der Waals surface area contributed by atoms with Gasteiger partial charge in [-0.2, -0.15) is 10.5 Å². The van der Waals surface area contributed by atoms with E-state index in [0.29, 0.717) is 12.8 Å². The summed E-state index contributed by atoms with van der Waals surface area (Å²) in [5.41, 5.74) is 0. The zero-order valence-electron chi connectivity index (χ0n) is 11.4. The summed E-state index contributed by atoms with van der Waals surface area (Å²) >= 11 is 3.04. The van der Waals surface area contributed by atoms with Crippen LogP contribution in [0.3, 0.4) is 0 Å². The van der Waals surface area contributed by atoms with Crippen LogP contribution in [0.1, 0.15) is 12.8 Å². The molecule has 0 bridgehead atoms. The fraction of sp³-hybridized carbons (Fsp3) is 0.176. The van der Waals surface area contributed by atoms with Crippen LogP contribution in [0.2, 0.25) is 0 Å². The van der Waals surface area contributed by atoms with E-state index in [-0.39, 0.29) is 0 Å². The highest BCUT2D eigenvalue weighted by Gasteiger charge is 2.32. The quantitative estimate of drug-likeness (QED) is 0.550. The van der Waals surface area contributed by atoms with E-state index in [9.17, 15) is 5.26 Å². The SMILES string of the molecule is N#CCCC(C#N)(Sc1ccccc1)Sc1ccccc1. The molecule has 104 valence electrons. The summed E-state index contributed by atoms with van der Waals surface area (Å²) in [7, 11) is 0. The monoisotopic (exact) mass is 310 g/mol. The molecule has 2 nitrogen and oxygen atoms in total. The number of benzene rings is 2. The molecule has 0 radical (unpaired) electrons. The van der Waals surface area contributed by atoms with Gasteiger partial charge < -0.3 is 0 Å². The molecule has 0 aliphatic rings. The molecular weight excluding hydrogens is 296 g/mol. The van der Waals surface area contributed by atoms with Gasteiger partial charge in [0.2, 0.25) is 0 Å². The van der Waals surface area contributed by atoms with Crippen molar-refractivity contribution >= 4 is 23.5 Å². The minimum Gasteiger partial charge on any atom is -0.198 e. The van der Waals surface area contributed by atoms with Crippen molar-refractivity contribution in [2.75, 3.05) is 0 Å². The Labute approximate surface area is 133 Å². The third-order valence-electron chi connectivity index (χ3n) is 2.79. The van der Waals surface area contributed by atoms with Crippen molar-refractivity contribution in [1.29, 1.82) is 10.5 Å². The van der Waals surface area contributed by atoms with Gasteiger partial charge in [0.05, 0.1) is 12.1 Å². The molecule has 0 fully saturated rings. The first-order valence-corrected chi connectivity index (χ1v) is 8.18. The van der Waals surface area contributed by atoms with Crippen LogP contribution in [0.4, 0.5) is 0 Å². The number of hydrogen-bond acceptors (Lipinski definition) is 4. The van der Waals surface area contributed by atoms with Crippen LogP contribution in [-0.2, 0) is 0 Å². The summed E-state index contributed by atoms with van der Waals surface area (Å²) in [6.07, 6.45) is 0.895. The van der Waals surface area contributed by atoms with Crippen LogP contribution in [-0.4, -0.2) is 4.08 Å². The average Bonchev–Trinajstić information content (AvgIpc) is 2.54. The topological polar surface area (TPSA) is 47.6 Å². The van der Waals surface area contributed by atoms with Gasteiger partial charge >= 0.3 is 0 Å². The van der Waals surface area contributed by atoms with Gasteiger partial charge in [0.25, 0.3) is 0 Å². The lowest BCUT2D eigenvalue weighted by Crippen LogP contribution is -2.17. The van der Waals surface area contributed by atoms with E-state index in [0.717, 1.165) is 9.79 Å². The molecule has 0 saturated carbocycles. The van der Waals surface area contributed by atoms with Crippen LogP contribution >= 0.6 is 23.5 Å². The van der Waals surface area contributed by atoms with Crippen LogP contribution in [0.5, 0.6) is 0 Å². The lowest BCUT2D eigenvalue weighted by molar-refractivity contribution is 0.855. The molecule has 2 aromatic carbocycles. The molecule has 2 rings (SSSR count). The van der Waals surface area contributed by atoms with E-state index in [1.165, 1.54) is 23.5 Å². The van der Waals surface area contributed by atoms with E-state index < -0.39 is 4.08 Å². The van der Waals surface area contributed by atoms with Crippen LogP contribution in [0.15, 0.2) is 70.5 Å². The Morgan fingerprint density at radius 3 is 1.67 bits per heavy atom. The van der Waals surface area contributed by atoms with Crippen LogP contribution < -0.4 is 0 Å².